The summed E-state index contributed by atoms with van der Waals surface area (Å²) in [7, 11) is -4.39. The van der Waals surface area contributed by atoms with E-state index in [1.54, 1.807) is 0 Å². The fourth-order valence-electron chi connectivity index (χ4n) is 5.07. The van der Waals surface area contributed by atoms with Crippen LogP contribution in [0.1, 0.15) is 155 Å². The maximum absolute atomic E-state index is 12.6. The Morgan fingerprint density at radius 2 is 1.04 bits per heavy atom. The number of ether oxygens (including phenoxy) is 2. The molecule has 9 nitrogen and oxygen atoms in total. The molecule has 0 aromatic heterocycles. The predicted molar refractivity (Wildman–Crippen MR) is 219 cm³/mol. The first-order chi connectivity index (χ1) is 25.8. The van der Waals surface area contributed by atoms with Crippen molar-refractivity contribution in [3.8, 4) is 0 Å². The standard InChI is InChI=1S/C43H74NO8P/c1-3-5-7-9-11-13-15-17-18-19-20-21-22-24-26-28-30-32-34-36-43(46)52-41(40-51-53(47,48)50-38-37-44)39-49-42(45)35-33-31-29-27-25-23-16-14-12-10-8-6-4-2/h5,7,11,13,17-18,20-21,23-26,41H,3-4,6,8-10,12,14-16,19,22,27-40,44H2,1-2H3,(H,47,48)/b7-5+,13-11+,18-17+,21-20+,25-23+,26-24+/t41-/m1/s1. The molecule has 0 radical (unpaired) electrons. The lowest BCUT2D eigenvalue weighted by Gasteiger charge is -2.19. The van der Waals surface area contributed by atoms with Crippen molar-refractivity contribution in [1.29, 1.82) is 0 Å². The van der Waals surface area contributed by atoms with Crippen LogP contribution in [0.5, 0.6) is 0 Å². The molecule has 0 aliphatic rings. The summed E-state index contributed by atoms with van der Waals surface area (Å²) in [6.45, 7) is 3.53. The summed E-state index contributed by atoms with van der Waals surface area (Å²) in [5.41, 5.74) is 5.33. The molecule has 1 unspecified atom stereocenters. The molecule has 0 saturated heterocycles. The first-order valence-electron chi connectivity index (χ1n) is 20.4. The van der Waals surface area contributed by atoms with Crippen LogP contribution < -0.4 is 5.73 Å². The molecule has 53 heavy (non-hydrogen) atoms. The average Bonchev–Trinajstić information content (AvgIpc) is 3.14. The zero-order valence-corrected chi connectivity index (χ0v) is 34.1. The predicted octanol–water partition coefficient (Wildman–Crippen LogP) is 11.5. The van der Waals surface area contributed by atoms with Gasteiger partial charge < -0.3 is 20.1 Å². The molecular weight excluding hydrogens is 689 g/mol. The van der Waals surface area contributed by atoms with Gasteiger partial charge in [-0.2, -0.15) is 0 Å². The first-order valence-corrected chi connectivity index (χ1v) is 21.9. The Labute approximate surface area is 322 Å². The highest BCUT2D eigenvalue weighted by Gasteiger charge is 2.25. The molecule has 0 spiro atoms. The smallest absolute Gasteiger partial charge is 0.462 e. The largest absolute Gasteiger partial charge is 0.472 e. The van der Waals surface area contributed by atoms with Crippen LogP contribution in [0, 0.1) is 0 Å². The zero-order valence-electron chi connectivity index (χ0n) is 33.2. The second-order valence-corrected chi connectivity index (χ2v) is 14.6. The van der Waals surface area contributed by atoms with E-state index in [9.17, 15) is 19.0 Å². The van der Waals surface area contributed by atoms with E-state index in [0.717, 1.165) is 77.0 Å². The molecule has 0 heterocycles. The molecular formula is C43H74NO8P. The van der Waals surface area contributed by atoms with E-state index in [-0.39, 0.29) is 32.6 Å². The van der Waals surface area contributed by atoms with Crippen LogP contribution in [0.3, 0.4) is 0 Å². The van der Waals surface area contributed by atoms with Gasteiger partial charge in [0.05, 0.1) is 13.2 Å². The molecule has 10 heteroatoms. The second kappa shape index (κ2) is 39.2. The Balaban J connectivity index is 4.30. The van der Waals surface area contributed by atoms with E-state index in [1.165, 1.54) is 38.5 Å². The van der Waals surface area contributed by atoms with E-state index >= 15 is 0 Å². The average molecular weight is 764 g/mol. The molecule has 0 rings (SSSR count). The molecule has 2 atom stereocenters. The lowest BCUT2D eigenvalue weighted by molar-refractivity contribution is -0.161. The van der Waals surface area contributed by atoms with Gasteiger partial charge in [-0.05, 0) is 83.5 Å². The number of hydrogen-bond acceptors (Lipinski definition) is 8. The van der Waals surface area contributed by atoms with Crippen LogP contribution in [0.4, 0.5) is 0 Å². The lowest BCUT2D eigenvalue weighted by Crippen LogP contribution is -2.29. The number of esters is 2. The summed E-state index contributed by atoms with van der Waals surface area (Å²) in [4.78, 5) is 34.8. The summed E-state index contributed by atoms with van der Waals surface area (Å²) in [6, 6.07) is 0. The Morgan fingerprint density at radius 3 is 1.57 bits per heavy atom. The van der Waals surface area contributed by atoms with Gasteiger partial charge >= 0.3 is 19.8 Å². The maximum atomic E-state index is 12.6. The van der Waals surface area contributed by atoms with Crippen LogP contribution in [-0.2, 0) is 32.7 Å². The summed E-state index contributed by atoms with van der Waals surface area (Å²) >= 11 is 0. The highest BCUT2D eigenvalue weighted by molar-refractivity contribution is 7.47. The summed E-state index contributed by atoms with van der Waals surface area (Å²) in [6.07, 6.45) is 46.5. The monoisotopic (exact) mass is 764 g/mol. The Bertz CT molecular complexity index is 1100. The molecule has 0 aromatic carbocycles. The summed E-state index contributed by atoms with van der Waals surface area (Å²) in [5.74, 6) is -0.893. The van der Waals surface area contributed by atoms with Gasteiger partial charge in [0.2, 0.25) is 0 Å². The van der Waals surface area contributed by atoms with Gasteiger partial charge in [0.1, 0.15) is 6.61 Å². The Morgan fingerprint density at radius 1 is 0.585 bits per heavy atom. The molecule has 0 aliphatic heterocycles. The van der Waals surface area contributed by atoms with Crippen molar-refractivity contribution < 1.29 is 37.6 Å². The minimum absolute atomic E-state index is 0.0422. The van der Waals surface area contributed by atoms with Gasteiger partial charge in [-0.25, -0.2) is 4.57 Å². The fourth-order valence-corrected chi connectivity index (χ4v) is 5.83. The van der Waals surface area contributed by atoms with Crippen LogP contribution in [0.2, 0.25) is 0 Å². The third-order valence-corrected chi connectivity index (χ3v) is 9.06. The molecule has 304 valence electrons. The van der Waals surface area contributed by atoms with E-state index in [0.29, 0.717) is 12.8 Å². The normalized spacial score (nSPS) is 14.1. The molecule has 3 N–H and O–H groups in total. The molecule has 0 saturated carbocycles. The van der Waals surface area contributed by atoms with E-state index < -0.39 is 32.5 Å². The fraction of sp³-hybridized carbons (Fsp3) is 0.674. The highest BCUT2D eigenvalue weighted by Crippen LogP contribution is 2.43. The van der Waals surface area contributed by atoms with E-state index in [4.69, 9.17) is 24.3 Å². The van der Waals surface area contributed by atoms with Gasteiger partial charge in [-0.1, -0.05) is 132 Å². The number of nitrogens with two attached hydrogens (primary N) is 1. The van der Waals surface area contributed by atoms with Crippen molar-refractivity contribution >= 4 is 19.8 Å². The van der Waals surface area contributed by atoms with Crippen molar-refractivity contribution in [3.05, 3.63) is 72.9 Å². The molecule has 0 amide bonds. The SMILES string of the molecule is CC/C=C/C/C=C/C/C=C/C/C=C/C/C=C/CCCCCC(=O)O[C@H](COC(=O)CCCCC/C=C/CCCCCCCC)COP(=O)(O)OCCN. The van der Waals surface area contributed by atoms with Gasteiger partial charge in [0.25, 0.3) is 0 Å². The van der Waals surface area contributed by atoms with Gasteiger partial charge in [-0.3, -0.25) is 18.6 Å². The third kappa shape index (κ3) is 39.0. The number of carbonyl (C=O) groups is 2. The van der Waals surface area contributed by atoms with Crippen molar-refractivity contribution in [1.82, 2.24) is 0 Å². The van der Waals surface area contributed by atoms with Crippen LogP contribution >= 0.6 is 7.82 Å². The van der Waals surface area contributed by atoms with Crippen molar-refractivity contribution in [2.24, 2.45) is 5.73 Å². The van der Waals surface area contributed by atoms with Gasteiger partial charge in [0.15, 0.2) is 6.10 Å². The number of phosphoric ester groups is 1. The molecule has 0 bridgehead atoms. The van der Waals surface area contributed by atoms with Crippen LogP contribution in [-0.4, -0.2) is 49.3 Å². The number of allylic oxidation sites excluding steroid dienone is 12. The highest BCUT2D eigenvalue weighted by atomic mass is 31.2. The third-order valence-electron chi connectivity index (χ3n) is 8.08. The topological polar surface area (TPSA) is 134 Å². The number of phosphoric acid groups is 1. The van der Waals surface area contributed by atoms with Gasteiger partial charge in [0, 0.05) is 19.4 Å². The molecule has 0 aliphatic carbocycles. The number of carbonyl (C=O) groups excluding carboxylic acids is 2. The minimum atomic E-state index is -4.39. The maximum Gasteiger partial charge on any atom is 0.472 e. The van der Waals surface area contributed by atoms with E-state index in [1.807, 2.05) is 0 Å². The second-order valence-electron chi connectivity index (χ2n) is 13.1. The van der Waals surface area contributed by atoms with Crippen molar-refractivity contribution in [2.45, 2.75) is 161 Å². The minimum Gasteiger partial charge on any atom is -0.462 e. The van der Waals surface area contributed by atoms with Crippen LogP contribution in [0.15, 0.2) is 72.9 Å². The zero-order chi connectivity index (χ0) is 38.9. The van der Waals surface area contributed by atoms with Crippen molar-refractivity contribution in [2.75, 3.05) is 26.4 Å². The van der Waals surface area contributed by atoms with Gasteiger partial charge in [-0.15, -0.1) is 0 Å². The number of rotatable bonds is 37. The van der Waals surface area contributed by atoms with E-state index in [2.05, 4.69) is 86.8 Å². The summed E-state index contributed by atoms with van der Waals surface area (Å²) in [5, 5.41) is 0. The Hall–Kier alpha value is -2.55. The number of hydrogen-bond donors (Lipinski definition) is 2. The van der Waals surface area contributed by atoms with Crippen LogP contribution in [0.25, 0.3) is 0 Å². The number of unbranched alkanes of at least 4 members (excludes halogenated alkanes) is 12. The molecule has 0 fully saturated rings. The van der Waals surface area contributed by atoms with Crippen molar-refractivity contribution in [3.63, 3.8) is 0 Å². The lowest BCUT2D eigenvalue weighted by atomic mass is 10.1. The first kappa shape index (κ1) is 50.5. The quantitative estimate of drug-likeness (QED) is 0.0274. The Kier molecular flexibility index (Phi) is 37.3. The molecule has 0 aromatic rings. The summed E-state index contributed by atoms with van der Waals surface area (Å²) < 4.78 is 32.7.